The van der Waals surface area contributed by atoms with Crippen molar-refractivity contribution in [2.24, 2.45) is 0 Å². The number of rotatable bonds is 16. The molecule has 1 heterocycles. The third-order valence-electron chi connectivity index (χ3n) is 7.98. The van der Waals surface area contributed by atoms with Crippen molar-refractivity contribution < 1.29 is 37.4 Å². The van der Waals surface area contributed by atoms with Crippen LogP contribution in [-0.4, -0.2) is 78.8 Å². The van der Waals surface area contributed by atoms with E-state index in [0.717, 1.165) is 36.6 Å². The first-order valence-corrected chi connectivity index (χ1v) is 16.4. The number of halogens is 2. The van der Waals surface area contributed by atoms with Gasteiger partial charge in [-0.25, -0.2) is 18.6 Å². The fraction of sp³-hybridized carbons (Fsp3) is 0.351. The maximum atomic E-state index is 14.1. The number of oxazole rings is 1. The zero-order valence-corrected chi connectivity index (χ0v) is 28.6. The molecular weight excluding hydrogens is 648 g/mol. The molecule has 0 radical (unpaired) electrons. The SMILES string of the molecule is CCCN(CCC)C(=O)c1cc(C(=O)NC(Cc2cc(F)cc(F)c2)C(O)CNCc2cccc(N(C)C(=O)OC)c2)cc(-c2ncco2)c1. The number of hydrogen-bond donors (Lipinski definition) is 3. The van der Waals surface area contributed by atoms with E-state index in [9.17, 15) is 28.3 Å². The summed E-state index contributed by atoms with van der Waals surface area (Å²) in [5.41, 5.74) is 2.42. The molecule has 4 aromatic rings. The summed E-state index contributed by atoms with van der Waals surface area (Å²) in [5, 5.41) is 17.3. The van der Waals surface area contributed by atoms with Crippen LogP contribution in [0.2, 0.25) is 0 Å². The molecule has 11 nitrogen and oxygen atoms in total. The van der Waals surface area contributed by atoms with E-state index in [2.05, 4.69) is 15.6 Å². The van der Waals surface area contributed by atoms with Gasteiger partial charge in [-0.3, -0.25) is 14.5 Å². The first-order chi connectivity index (χ1) is 24.0. The van der Waals surface area contributed by atoms with Crippen molar-refractivity contribution in [2.75, 3.05) is 38.7 Å². The Morgan fingerprint density at radius 3 is 2.30 bits per heavy atom. The Hall–Kier alpha value is -5.14. The molecule has 2 atom stereocenters. The lowest BCUT2D eigenvalue weighted by atomic mass is 9.99. The monoisotopic (exact) mass is 691 g/mol. The number of aromatic nitrogens is 1. The van der Waals surface area contributed by atoms with E-state index < -0.39 is 35.8 Å². The molecule has 13 heteroatoms. The van der Waals surface area contributed by atoms with Crippen LogP contribution in [0.5, 0.6) is 0 Å². The molecule has 266 valence electrons. The van der Waals surface area contributed by atoms with Gasteiger partial charge in [0.1, 0.15) is 17.9 Å². The second kappa shape index (κ2) is 18.0. The zero-order chi connectivity index (χ0) is 36.2. The van der Waals surface area contributed by atoms with Gasteiger partial charge >= 0.3 is 6.09 Å². The highest BCUT2D eigenvalue weighted by Gasteiger charge is 2.25. The second-order valence-corrected chi connectivity index (χ2v) is 11.9. The molecule has 0 aliphatic heterocycles. The van der Waals surface area contributed by atoms with Gasteiger partial charge in [0.25, 0.3) is 11.8 Å². The van der Waals surface area contributed by atoms with Crippen LogP contribution in [-0.2, 0) is 17.7 Å². The van der Waals surface area contributed by atoms with Gasteiger partial charge in [-0.1, -0.05) is 26.0 Å². The summed E-state index contributed by atoms with van der Waals surface area (Å²) in [6.45, 7) is 5.31. The predicted molar refractivity (Wildman–Crippen MR) is 185 cm³/mol. The van der Waals surface area contributed by atoms with E-state index in [1.165, 1.54) is 36.6 Å². The Kier molecular flexibility index (Phi) is 13.6. The number of anilines is 1. The van der Waals surface area contributed by atoms with Crippen molar-refractivity contribution in [1.82, 2.24) is 20.5 Å². The molecule has 1 aromatic heterocycles. The van der Waals surface area contributed by atoms with E-state index in [1.54, 1.807) is 36.2 Å². The van der Waals surface area contributed by atoms with Crippen molar-refractivity contribution in [3.63, 3.8) is 0 Å². The zero-order valence-electron chi connectivity index (χ0n) is 28.6. The van der Waals surface area contributed by atoms with Crippen molar-refractivity contribution in [3.8, 4) is 11.5 Å². The molecule has 3 N–H and O–H groups in total. The van der Waals surface area contributed by atoms with Crippen molar-refractivity contribution in [1.29, 1.82) is 0 Å². The molecule has 0 fully saturated rings. The van der Waals surface area contributed by atoms with Crippen molar-refractivity contribution >= 4 is 23.6 Å². The summed E-state index contributed by atoms with van der Waals surface area (Å²) < 4.78 is 38.5. The van der Waals surface area contributed by atoms with Crippen LogP contribution in [0.25, 0.3) is 11.5 Å². The minimum atomic E-state index is -1.22. The smallest absolute Gasteiger partial charge is 0.413 e. The van der Waals surface area contributed by atoms with Crippen LogP contribution < -0.4 is 15.5 Å². The largest absolute Gasteiger partial charge is 0.452 e. The number of aliphatic hydroxyl groups excluding tert-OH is 1. The molecule has 0 spiro atoms. The van der Waals surface area contributed by atoms with Gasteiger partial charge < -0.3 is 29.8 Å². The summed E-state index contributed by atoms with van der Waals surface area (Å²) in [5.74, 6) is -2.25. The molecule has 3 amide bonds. The molecule has 4 rings (SSSR count). The summed E-state index contributed by atoms with van der Waals surface area (Å²) in [6, 6.07) is 13.8. The van der Waals surface area contributed by atoms with E-state index in [4.69, 9.17) is 9.15 Å². The number of aliphatic hydroxyl groups is 1. The minimum absolute atomic E-state index is 0.0110. The molecule has 0 bridgehead atoms. The van der Waals surface area contributed by atoms with E-state index in [-0.39, 0.29) is 41.5 Å². The second-order valence-electron chi connectivity index (χ2n) is 11.9. The maximum Gasteiger partial charge on any atom is 0.413 e. The third kappa shape index (κ3) is 10.2. The lowest BCUT2D eigenvalue weighted by Crippen LogP contribution is -2.48. The van der Waals surface area contributed by atoms with Crippen LogP contribution in [0.4, 0.5) is 19.3 Å². The molecule has 2 unspecified atom stereocenters. The topological polar surface area (TPSA) is 137 Å². The fourth-order valence-electron chi connectivity index (χ4n) is 5.55. The molecule has 0 saturated heterocycles. The number of benzene rings is 3. The maximum absolute atomic E-state index is 14.1. The molecule has 0 aliphatic carbocycles. The van der Waals surface area contributed by atoms with Crippen LogP contribution >= 0.6 is 0 Å². The molecule has 50 heavy (non-hydrogen) atoms. The highest BCUT2D eigenvalue weighted by molar-refractivity contribution is 6.01. The van der Waals surface area contributed by atoms with Crippen molar-refractivity contribution in [3.05, 3.63) is 107 Å². The highest BCUT2D eigenvalue weighted by Crippen LogP contribution is 2.23. The number of carbonyl (C=O) groups is 3. The summed E-state index contributed by atoms with van der Waals surface area (Å²) in [4.78, 5) is 46.7. The summed E-state index contributed by atoms with van der Waals surface area (Å²) in [6.07, 6.45) is 2.50. The van der Waals surface area contributed by atoms with Crippen LogP contribution in [0.15, 0.2) is 77.5 Å². The standard InChI is InChI=1S/C37H43F2N5O6/c1-5-11-44(12-6-2)36(47)28-19-26(18-27(20-28)35-41-10-13-50-35)34(46)42-32(17-25-14-29(38)21-30(39)15-25)33(45)23-40-22-24-8-7-9-31(16-24)43(3)37(48)49-4/h7-10,13-16,18-21,32-33,40,45H,5-6,11-12,17,22-23H2,1-4H3,(H,42,46). The number of nitrogens with zero attached hydrogens (tertiary/aromatic N) is 3. The first-order valence-electron chi connectivity index (χ1n) is 16.4. The normalized spacial score (nSPS) is 12.2. The average Bonchev–Trinajstić information content (AvgIpc) is 3.65. The van der Waals surface area contributed by atoms with E-state index in [1.807, 2.05) is 19.9 Å². The Morgan fingerprint density at radius 1 is 0.960 bits per heavy atom. The summed E-state index contributed by atoms with van der Waals surface area (Å²) in [7, 11) is 2.87. The molecule has 0 saturated carbocycles. The van der Waals surface area contributed by atoms with Gasteiger partial charge in [0.15, 0.2) is 0 Å². The number of amides is 3. The number of ether oxygens (including phenoxy) is 1. The molecule has 0 aliphatic rings. The highest BCUT2D eigenvalue weighted by atomic mass is 19.1. The lowest BCUT2D eigenvalue weighted by Gasteiger charge is -2.26. The number of nitrogens with one attached hydrogen (secondary N) is 2. The number of carbonyl (C=O) groups excluding carboxylic acids is 3. The van der Waals surface area contributed by atoms with Gasteiger partial charge in [0.2, 0.25) is 5.89 Å². The number of hydrogen-bond acceptors (Lipinski definition) is 8. The van der Waals surface area contributed by atoms with Gasteiger partial charge in [-0.05, 0) is 72.9 Å². The van der Waals surface area contributed by atoms with Crippen molar-refractivity contribution in [2.45, 2.75) is 51.8 Å². The summed E-state index contributed by atoms with van der Waals surface area (Å²) >= 11 is 0. The van der Waals surface area contributed by atoms with Gasteiger partial charge in [-0.15, -0.1) is 0 Å². The Morgan fingerprint density at radius 2 is 1.66 bits per heavy atom. The third-order valence-corrected chi connectivity index (χ3v) is 7.98. The Bertz CT molecular complexity index is 1730. The average molecular weight is 692 g/mol. The van der Waals surface area contributed by atoms with Crippen LogP contribution in [0.3, 0.4) is 0 Å². The minimum Gasteiger partial charge on any atom is -0.452 e. The Balaban J connectivity index is 1.59. The lowest BCUT2D eigenvalue weighted by molar-refractivity contribution is 0.0755. The Labute approximate surface area is 290 Å². The fourth-order valence-corrected chi connectivity index (χ4v) is 5.55. The van der Waals surface area contributed by atoms with Gasteiger partial charge in [0.05, 0.1) is 25.5 Å². The predicted octanol–water partition coefficient (Wildman–Crippen LogP) is 5.58. The van der Waals surface area contributed by atoms with Crippen LogP contribution in [0.1, 0.15) is 58.5 Å². The molecule has 3 aromatic carbocycles. The van der Waals surface area contributed by atoms with Crippen LogP contribution in [0, 0.1) is 11.6 Å². The van der Waals surface area contributed by atoms with Gasteiger partial charge in [0, 0.05) is 61.7 Å². The number of methoxy groups -OCH3 is 1. The van der Waals surface area contributed by atoms with E-state index in [0.29, 0.717) is 30.9 Å². The quantitative estimate of drug-likeness (QED) is 0.139. The first kappa shape index (κ1) is 37.7. The van der Waals surface area contributed by atoms with E-state index >= 15 is 0 Å². The molecular formula is C37H43F2N5O6. The van der Waals surface area contributed by atoms with Gasteiger partial charge in [-0.2, -0.15) is 0 Å².